The summed E-state index contributed by atoms with van der Waals surface area (Å²) in [5.74, 6) is 0.613. The number of nitrogens with one attached hydrogen (secondary N) is 2. The molecule has 1 atom stereocenters. The summed E-state index contributed by atoms with van der Waals surface area (Å²) < 4.78 is 2.18. The van der Waals surface area contributed by atoms with Crippen molar-refractivity contribution < 1.29 is 4.79 Å². The number of benzene rings is 1. The van der Waals surface area contributed by atoms with E-state index in [9.17, 15) is 4.79 Å². The van der Waals surface area contributed by atoms with E-state index in [0.29, 0.717) is 23.2 Å². The lowest BCUT2D eigenvalue weighted by atomic mass is 10.1. The largest absolute Gasteiger partial charge is 0.353 e. The van der Waals surface area contributed by atoms with Gasteiger partial charge in [0.1, 0.15) is 6.54 Å². The molecule has 0 aliphatic carbocycles. The van der Waals surface area contributed by atoms with Crippen LogP contribution in [0.1, 0.15) is 26.3 Å². The van der Waals surface area contributed by atoms with Gasteiger partial charge in [0.25, 0.3) is 0 Å². The Balaban J connectivity index is 2.05. The van der Waals surface area contributed by atoms with E-state index < -0.39 is 0 Å². The van der Waals surface area contributed by atoms with Gasteiger partial charge in [-0.25, -0.2) is 0 Å². The number of carbonyl (C=O) groups excluding carboxylic acids is 1. The van der Waals surface area contributed by atoms with Crippen LogP contribution >= 0.6 is 12.2 Å². The molecule has 2 rings (SSSR count). The fraction of sp³-hybridized carbons (Fsp3) is 0.500. The monoisotopic (exact) mass is 361 g/mol. The Morgan fingerprint density at radius 1 is 1.32 bits per heavy atom. The fourth-order valence-electron chi connectivity index (χ4n) is 2.82. The molecular weight excluding hydrogens is 334 g/mol. The second-order valence-electron chi connectivity index (χ2n) is 6.18. The zero-order valence-electron chi connectivity index (χ0n) is 15.4. The summed E-state index contributed by atoms with van der Waals surface area (Å²) in [7, 11) is 0. The molecule has 6 nitrogen and oxygen atoms in total. The molecule has 7 heteroatoms. The van der Waals surface area contributed by atoms with Gasteiger partial charge in [-0.15, -0.1) is 0 Å². The maximum absolute atomic E-state index is 12.4. The molecule has 1 heterocycles. The van der Waals surface area contributed by atoms with Crippen LogP contribution in [0.4, 0.5) is 0 Å². The lowest BCUT2D eigenvalue weighted by molar-refractivity contribution is -0.121. The number of nitrogens with zero attached hydrogens (tertiary/aromatic N) is 3. The van der Waals surface area contributed by atoms with Crippen LogP contribution in [-0.2, 0) is 11.3 Å². The van der Waals surface area contributed by atoms with E-state index in [1.165, 1.54) is 5.56 Å². The van der Waals surface area contributed by atoms with Gasteiger partial charge in [-0.3, -0.25) is 19.4 Å². The highest BCUT2D eigenvalue weighted by Crippen LogP contribution is 2.17. The van der Waals surface area contributed by atoms with Crippen molar-refractivity contribution in [2.75, 3.05) is 19.6 Å². The molecule has 136 valence electrons. The van der Waals surface area contributed by atoms with E-state index in [1.54, 1.807) is 4.57 Å². The standard InChI is InChI=1S/C18H27N5OS/c1-5-22(6-2)14(4)11-19-16(24)12-23-17(20-21-18(23)25)15-9-7-13(3)8-10-15/h7-10,14H,5-6,11-12H2,1-4H3,(H,19,24)(H,21,25). The Kier molecular flexibility index (Phi) is 6.90. The molecule has 0 radical (unpaired) electrons. The molecule has 1 aromatic carbocycles. The lowest BCUT2D eigenvalue weighted by Gasteiger charge is -2.26. The summed E-state index contributed by atoms with van der Waals surface area (Å²) >= 11 is 5.29. The van der Waals surface area contributed by atoms with Crippen LogP contribution in [0.2, 0.25) is 0 Å². The van der Waals surface area contributed by atoms with Gasteiger partial charge in [-0.05, 0) is 39.2 Å². The Morgan fingerprint density at radius 3 is 2.56 bits per heavy atom. The van der Waals surface area contributed by atoms with E-state index in [1.807, 2.05) is 31.2 Å². The number of amides is 1. The number of hydrogen-bond donors (Lipinski definition) is 2. The zero-order chi connectivity index (χ0) is 18.4. The van der Waals surface area contributed by atoms with Gasteiger partial charge >= 0.3 is 0 Å². The number of aromatic nitrogens is 3. The first-order chi connectivity index (χ1) is 12.0. The molecule has 1 amide bonds. The minimum absolute atomic E-state index is 0.0649. The Hall–Kier alpha value is -1.99. The maximum atomic E-state index is 12.4. The van der Waals surface area contributed by atoms with Crippen molar-refractivity contribution in [1.82, 2.24) is 25.0 Å². The topological polar surface area (TPSA) is 66.0 Å². The summed E-state index contributed by atoms with van der Waals surface area (Å²) in [6.07, 6.45) is 0. The first-order valence-electron chi connectivity index (χ1n) is 8.69. The molecule has 0 saturated carbocycles. The van der Waals surface area contributed by atoms with Crippen LogP contribution < -0.4 is 5.32 Å². The number of likely N-dealkylation sites (N-methyl/N-ethyl adjacent to an activating group) is 1. The van der Waals surface area contributed by atoms with Crippen molar-refractivity contribution in [3.05, 3.63) is 34.6 Å². The molecule has 0 aliphatic heterocycles. The van der Waals surface area contributed by atoms with Gasteiger partial charge in [-0.2, -0.15) is 5.10 Å². The third-order valence-electron chi connectivity index (χ3n) is 4.40. The molecule has 25 heavy (non-hydrogen) atoms. The van der Waals surface area contributed by atoms with Gasteiger partial charge in [0, 0.05) is 18.2 Å². The first-order valence-corrected chi connectivity index (χ1v) is 9.10. The number of hydrogen-bond acceptors (Lipinski definition) is 4. The maximum Gasteiger partial charge on any atom is 0.240 e. The van der Waals surface area contributed by atoms with Crippen LogP contribution in [0, 0.1) is 11.7 Å². The molecule has 1 aromatic heterocycles. The van der Waals surface area contributed by atoms with E-state index in [0.717, 1.165) is 18.7 Å². The van der Waals surface area contributed by atoms with Gasteiger partial charge < -0.3 is 5.32 Å². The van der Waals surface area contributed by atoms with Crippen LogP contribution in [0.15, 0.2) is 24.3 Å². The SMILES string of the molecule is CCN(CC)C(C)CNC(=O)Cn1c(-c2ccc(C)cc2)n[nH]c1=S. The highest BCUT2D eigenvalue weighted by Gasteiger charge is 2.14. The highest BCUT2D eigenvalue weighted by molar-refractivity contribution is 7.71. The van der Waals surface area contributed by atoms with Crippen LogP contribution in [0.3, 0.4) is 0 Å². The number of carbonyl (C=O) groups is 1. The normalized spacial score (nSPS) is 12.4. The van der Waals surface area contributed by atoms with E-state index in [4.69, 9.17) is 12.2 Å². The van der Waals surface area contributed by atoms with Crippen molar-refractivity contribution in [3.63, 3.8) is 0 Å². The number of rotatable bonds is 8. The Bertz CT molecular complexity index is 746. The van der Waals surface area contributed by atoms with E-state index >= 15 is 0 Å². The number of H-pyrrole nitrogens is 1. The van der Waals surface area contributed by atoms with Crippen LogP contribution in [0.25, 0.3) is 11.4 Å². The molecule has 0 fully saturated rings. The predicted octanol–water partition coefficient (Wildman–Crippen LogP) is 2.76. The molecule has 0 aliphatic rings. The minimum Gasteiger partial charge on any atom is -0.353 e. The summed E-state index contributed by atoms with van der Waals surface area (Å²) in [6.45, 7) is 11.1. The van der Waals surface area contributed by atoms with Gasteiger partial charge in [-0.1, -0.05) is 43.7 Å². The molecule has 0 bridgehead atoms. The van der Waals surface area contributed by atoms with Crippen molar-refractivity contribution in [2.24, 2.45) is 0 Å². The summed E-state index contributed by atoms with van der Waals surface area (Å²) in [5.41, 5.74) is 2.11. The molecule has 2 N–H and O–H groups in total. The van der Waals surface area contributed by atoms with Crippen molar-refractivity contribution in [1.29, 1.82) is 0 Å². The average Bonchev–Trinajstić information content (AvgIpc) is 2.95. The van der Waals surface area contributed by atoms with Crippen molar-refractivity contribution in [3.8, 4) is 11.4 Å². The fourth-order valence-corrected chi connectivity index (χ4v) is 3.02. The van der Waals surface area contributed by atoms with Crippen molar-refractivity contribution >= 4 is 18.1 Å². The van der Waals surface area contributed by atoms with Crippen LogP contribution in [0.5, 0.6) is 0 Å². The zero-order valence-corrected chi connectivity index (χ0v) is 16.2. The van der Waals surface area contributed by atoms with Gasteiger partial charge in [0.15, 0.2) is 10.6 Å². The third-order valence-corrected chi connectivity index (χ3v) is 4.71. The van der Waals surface area contributed by atoms with Crippen molar-refractivity contribution in [2.45, 2.75) is 40.3 Å². The second-order valence-corrected chi connectivity index (χ2v) is 6.57. The highest BCUT2D eigenvalue weighted by atomic mass is 32.1. The van der Waals surface area contributed by atoms with E-state index in [-0.39, 0.29) is 12.5 Å². The minimum atomic E-state index is -0.0649. The quantitative estimate of drug-likeness (QED) is 0.710. The molecule has 0 spiro atoms. The molecule has 1 unspecified atom stereocenters. The Morgan fingerprint density at radius 2 is 1.96 bits per heavy atom. The summed E-state index contributed by atoms with van der Waals surface area (Å²) in [6, 6.07) is 8.30. The number of aromatic amines is 1. The smallest absolute Gasteiger partial charge is 0.240 e. The Labute approximate surface area is 154 Å². The summed E-state index contributed by atoms with van der Waals surface area (Å²) in [4.78, 5) is 14.7. The lowest BCUT2D eigenvalue weighted by Crippen LogP contribution is -2.42. The summed E-state index contributed by atoms with van der Waals surface area (Å²) in [5, 5.41) is 10.1. The van der Waals surface area contributed by atoms with Crippen LogP contribution in [-0.4, -0.2) is 51.2 Å². The molecular formula is C18H27N5OS. The number of aryl methyl sites for hydroxylation is 1. The average molecular weight is 362 g/mol. The first kappa shape index (κ1) is 19.3. The second kappa shape index (κ2) is 8.92. The van der Waals surface area contributed by atoms with Gasteiger partial charge in [0.05, 0.1) is 0 Å². The van der Waals surface area contributed by atoms with Gasteiger partial charge in [0.2, 0.25) is 5.91 Å². The predicted molar refractivity (Wildman–Crippen MR) is 103 cm³/mol. The molecule has 0 saturated heterocycles. The molecule has 2 aromatic rings. The van der Waals surface area contributed by atoms with E-state index in [2.05, 4.69) is 41.2 Å². The third kappa shape index (κ3) is 4.99.